The maximum absolute atomic E-state index is 3.72. The highest BCUT2D eigenvalue weighted by Gasteiger charge is 2.90. The van der Waals surface area contributed by atoms with Crippen LogP contribution in [0.1, 0.15) is 27.2 Å². The zero-order valence-electron chi connectivity index (χ0n) is 8.30. The van der Waals surface area contributed by atoms with E-state index in [0.29, 0.717) is 10.8 Å². The van der Waals surface area contributed by atoms with Gasteiger partial charge in [-0.15, -0.1) is 0 Å². The molecule has 4 unspecified atom stereocenters. The van der Waals surface area contributed by atoms with Crippen molar-refractivity contribution in [3.05, 3.63) is 24.8 Å². The van der Waals surface area contributed by atoms with Crippen LogP contribution in [0.5, 0.6) is 0 Å². The lowest BCUT2D eigenvalue weighted by molar-refractivity contribution is 0.380. The second kappa shape index (κ2) is 2.04. The van der Waals surface area contributed by atoms with Crippen LogP contribution in [0.15, 0.2) is 24.8 Å². The van der Waals surface area contributed by atoms with Crippen LogP contribution in [-0.2, 0) is 0 Å². The first-order valence-electron chi connectivity index (χ1n) is 4.96. The summed E-state index contributed by atoms with van der Waals surface area (Å²) >= 11 is 0. The van der Waals surface area contributed by atoms with E-state index >= 15 is 0 Å². The van der Waals surface area contributed by atoms with Gasteiger partial charge < -0.3 is 0 Å². The molecule has 0 spiro atoms. The van der Waals surface area contributed by atoms with Crippen LogP contribution in [0.3, 0.4) is 0 Å². The van der Waals surface area contributed by atoms with Crippen molar-refractivity contribution in [1.29, 1.82) is 0 Å². The van der Waals surface area contributed by atoms with Gasteiger partial charge in [0, 0.05) is 5.41 Å². The largest absolute Gasteiger partial charge is 0.0991 e. The highest BCUT2D eigenvalue weighted by atomic mass is 14.9. The summed E-state index contributed by atoms with van der Waals surface area (Å²) in [5.74, 6) is 1.86. The Labute approximate surface area is 75.4 Å². The zero-order valence-corrected chi connectivity index (χ0v) is 8.30. The normalized spacial score (nSPS) is 55.2. The lowest BCUT2D eigenvalue weighted by Crippen LogP contribution is -2.06. The molecule has 2 aliphatic carbocycles. The molecule has 0 aromatic heterocycles. The first-order valence-corrected chi connectivity index (χ1v) is 4.96. The smallest absolute Gasteiger partial charge is 0.000939 e. The van der Waals surface area contributed by atoms with Gasteiger partial charge in [0.15, 0.2) is 0 Å². The van der Waals surface area contributed by atoms with Gasteiger partial charge in [0.2, 0.25) is 0 Å². The van der Waals surface area contributed by atoms with Crippen molar-refractivity contribution >= 4 is 0 Å². The third-order valence-electron chi connectivity index (χ3n) is 4.60. The Hall–Kier alpha value is -0.520. The first-order chi connectivity index (χ1) is 5.66. The quantitative estimate of drug-likeness (QED) is 0.558. The van der Waals surface area contributed by atoms with Gasteiger partial charge >= 0.3 is 0 Å². The minimum Gasteiger partial charge on any atom is -0.0991 e. The molecular formula is C12H18. The number of hydrogen-bond donors (Lipinski definition) is 0. The Bertz CT molecular complexity index is 251. The maximum atomic E-state index is 3.72. The second-order valence-corrected chi connectivity index (χ2v) is 4.49. The molecule has 2 fully saturated rings. The molecular weight excluding hydrogens is 144 g/mol. The van der Waals surface area contributed by atoms with Crippen LogP contribution in [-0.4, -0.2) is 0 Å². The molecule has 0 bridgehead atoms. The van der Waals surface area contributed by atoms with Crippen molar-refractivity contribution < 1.29 is 0 Å². The lowest BCUT2D eigenvalue weighted by Gasteiger charge is -2.13. The molecule has 2 saturated carbocycles. The predicted molar refractivity (Wildman–Crippen MR) is 52.8 cm³/mol. The molecule has 0 saturated heterocycles. The van der Waals surface area contributed by atoms with Gasteiger partial charge in [-0.05, 0) is 17.3 Å². The topological polar surface area (TPSA) is 0 Å². The van der Waals surface area contributed by atoms with E-state index in [4.69, 9.17) is 0 Å². The standard InChI is InChI=1S/C12H18/c1-5-7-8-12-9(3)11(12,4)10(12)6-2/h5,7-10H,1,6H2,2-4H3. The van der Waals surface area contributed by atoms with Crippen LogP contribution in [0.25, 0.3) is 0 Å². The Morgan fingerprint density at radius 1 is 1.50 bits per heavy atom. The summed E-state index contributed by atoms with van der Waals surface area (Å²) in [6.07, 6.45) is 7.74. The van der Waals surface area contributed by atoms with Gasteiger partial charge in [0.25, 0.3) is 0 Å². The molecule has 2 rings (SSSR count). The maximum Gasteiger partial charge on any atom is 0.000939 e. The van der Waals surface area contributed by atoms with Crippen LogP contribution in [0.4, 0.5) is 0 Å². The minimum atomic E-state index is 0.579. The Morgan fingerprint density at radius 2 is 2.17 bits per heavy atom. The fraction of sp³-hybridized carbons (Fsp3) is 0.667. The molecule has 2 aliphatic rings. The average Bonchev–Trinajstić information content (AvgIpc) is 2.80. The average molecular weight is 162 g/mol. The van der Waals surface area contributed by atoms with E-state index in [0.717, 1.165) is 11.8 Å². The van der Waals surface area contributed by atoms with E-state index in [1.54, 1.807) is 0 Å². The summed E-state index contributed by atoms with van der Waals surface area (Å²) in [7, 11) is 0. The summed E-state index contributed by atoms with van der Waals surface area (Å²) in [6, 6.07) is 0. The Kier molecular flexibility index (Phi) is 1.38. The third kappa shape index (κ3) is 0.542. The summed E-state index contributed by atoms with van der Waals surface area (Å²) in [6.45, 7) is 10.8. The molecule has 0 N–H and O–H groups in total. The molecule has 0 aliphatic heterocycles. The molecule has 0 aromatic rings. The molecule has 0 heterocycles. The zero-order chi connectivity index (χ0) is 8.98. The van der Waals surface area contributed by atoms with Crippen LogP contribution >= 0.6 is 0 Å². The summed E-state index contributed by atoms with van der Waals surface area (Å²) < 4.78 is 0. The van der Waals surface area contributed by atoms with Crippen LogP contribution < -0.4 is 0 Å². The van der Waals surface area contributed by atoms with Gasteiger partial charge in [0.1, 0.15) is 0 Å². The minimum absolute atomic E-state index is 0.579. The Morgan fingerprint density at radius 3 is 2.50 bits per heavy atom. The molecule has 0 nitrogen and oxygen atoms in total. The fourth-order valence-electron chi connectivity index (χ4n) is 3.67. The van der Waals surface area contributed by atoms with Crippen molar-refractivity contribution in [3.63, 3.8) is 0 Å². The first kappa shape index (κ1) is 8.10. The van der Waals surface area contributed by atoms with Crippen molar-refractivity contribution in [2.75, 3.05) is 0 Å². The van der Waals surface area contributed by atoms with Gasteiger partial charge in [-0.25, -0.2) is 0 Å². The second-order valence-electron chi connectivity index (χ2n) is 4.49. The molecule has 0 amide bonds. The van der Waals surface area contributed by atoms with E-state index in [1.165, 1.54) is 6.42 Å². The molecule has 66 valence electrons. The molecule has 0 aromatic carbocycles. The summed E-state index contributed by atoms with van der Waals surface area (Å²) in [4.78, 5) is 0. The summed E-state index contributed by atoms with van der Waals surface area (Å²) in [5, 5.41) is 0. The highest BCUT2D eigenvalue weighted by molar-refractivity contribution is 5.45. The number of fused-ring (bicyclic) bond motifs is 1. The monoisotopic (exact) mass is 162 g/mol. The van der Waals surface area contributed by atoms with Crippen LogP contribution in [0, 0.1) is 22.7 Å². The van der Waals surface area contributed by atoms with Crippen molar-refractivity contribution in [3.8, 4) is 0 Å². The number of allylic oxidation sites excluding steroid dienone is 3. The van der Waals surface area contributed by atoms with E-state index < -0.39 is 0 Å². The lowest BCUT2D eigenvalue weighted by atomic mass is 9.91. The summed E-state index contributed by atoms with van der Waals surface area (Å²) in [5.41, 5.74) is 1.23. The van der Waals surface area contributed by atoms with Gasteiger partial charge in [-0.3, -0.25) is 0 Å². The van der Waals surface area contributed by atoms with Gasteiger partial charge in [0.05, 0.1) is 0 Å². The van der Waals surface area contributed by atoms with Crippen molar-refractivity contribution in [1.82, 2.24) is 0 Å². The number of hydrogen-bond acceptors (Lipinski definition) is 0. The molecule has 0 radical (unpaired) electrons. The molecule has 0 heteroatoms. The van der Waals surface area contributed by atoms with Crippen LogP contribution in [0.2, 0.25) is 0 Å². The number of rotatable bonds is 3. The third-order valence-corrected chi connectivity index (χ3v) is 4.60. The van der Waals surface area contributed by atoms with Crippen molar-refractivity contribution in [2.45, 2.75) is 27.2 Å². The Balaban J connectivity index is 2.15. The van der Waals surface area contributed by atoms with E-state index in [2.05, 4.69) is 39.5 Å². The predicted octanol–water partition coefficient (Wildman–Crippen LogP) is 3.41. The van der Waals surface area contributed by atoms with E-state index in [-0.39, 0.29) is 0 Å². The van der Waals surface area contributed by atoms with E-state index in [9.17, 15) is 0 Å². The van der Waals surface area contributed by atoms with Gasteiger partial charge in [-0.1, -0.05) is 52.0 Å². The fourth-order valence-corrected chi connectivity index (χ4v) is 3.67. The molecule has 4 atom stereocenters. The SMILES string of the molecule is C=CC=CC12C(C)C1(C)C2CC. The highest BCUT2D eigenvalue weighted by Crippen LogP contribution is 2.94. The van der Waals surface area contributed by atoms with E-state index in [1.807, 2.05) is 6.08 Å². The van der Waals surface area contributed by atoms with Gasteiger partial charge in [-0.2, -0.15) is 0 Å². The molecule has 12 heavy (non-hydrogen) atoms. The van der Waals surface area contributed by atoms with Crippen molar-refractivity contribution in [2.24, 2.45) is 22.7 Å².